The minimum Gasteiger partial charge on any atom is -0.483 e. The molecule has 0 bridgehead atoms. The van der Waals surface area contributed by atoms with Crippen LogP contribution in [0.5, 0.6) is 5.75 Å². The number of hydrogen-bond donors (Lipinski definition) is 1. The van der Waals surface area contributed by atoms with Crippen LogP contribution in [0.4, 0.5) is 0 Å². The van der Waals surface area contributed by atoms with Crippen molar-refractivity contribution in [1.29, 1.82) is 0 Å². The number of amides is 2. The van der Waals surface area contributed by atoms with E-state index in [4.69, 9.17) is 27.9 Å². The van der Waals surface area contributed by atoms with Crippen LogP contribution in [0.25, 0.3) is 0 Å². The van der Waals surface area contributed by atoms with Crippen LogP contribution in [0.2, 0.25) is 10.0 Å². The highest BCUT2D eigenvalue weighted by molar-refractivity contribution is 9.10. The van der Waals surface area contributed by atoms with Crippen molar-refractivity contribution < 1.29 is 14.3 Å². The monoisotopic (exact) mass is 618 g/mol. The van der Waals surface area contributed by atoms with Crippen molar-refractivity contribution in [3.63, 3.8) is 0 Å². The number of rotatable bonds is 12. The quantitative estimate of drug-likeness (QED) is 0.232. The molecule has 2 atom stereocenters. The number of benzene rings is 3. The van der Waals surface area contributed by atoms with Crippen molar-refractivity contribution in [2.45, 2.75) is 58.7 Å². The average molecular weight is 620 g/mol. The summed E-state index contributed by atoms with van der Waals surface area (Å²) >= 11 is 15.9. The highest BCUT2D eigenvalue weighted by Gasteiger charge is 2.31. The van der Waals surface area contributed by atoms with Gasteiger partial charge >= 0.3 is 0 Å². The molecule has 0 aliphatic heterocycles. The minimum atomic E-state index is -0.761. The first-order chi connectivity index (χ1) is 18.2. The van der Waals surface area contributed by atoms with Gasteiger partial charge < -0.3 is 15.0 Å². The van der Waals surface area contributed by atoms with Gasteiger partial charge in [0.05, 0.1) is 14.5 Å². The van der Waals surface area contributed by atoms with Gasteiger partial charge in [-0.3, -0.25) is 9.59 Å². The molecule has 202 valence electrons. The van der Waals surface area contributed by atoms with E-state index in [9.17, 15) is 9.59 Å². The zero-order valence-electron chi connectivity index (χ0n) is 21.8. The van der Waals surface area contributed by atoms with Crippen molar-refractivity contribution in [3.05, 3.63) is 97.9 Å². The van der Waals surface area contributed by atoms with E-state index in [0.29, 0.717) is 22.2 Å². The van der Waals surface area contributed by atoms with Gasteiger partial charge in [0.2, 0.25) is 5.91 Å². The molecule has 3 aromatic rings. The number of ether oxygens (including phenoxy) is 1. The Morgan fingerprint density at radius 1 is 0.947 bits per heavy atom. The maximum Gasteiger partial charge on any atom is 0.261 e. The Labute approximate surface area is 243 Å². The van der Waals surface area contributed by atoms with E-state index in [1.807, 2.05) is 68.4 Å². The Morgan fingerprint density at radius 2 is 1.66 bits per heavy atom. The molecule has 8 heteroatoms. The number of nitrogens with zero attached hydrogens (tertiary/aromatic N) is 1. The number of carbonyl (C=O) groups is 2. The summed E-state index contributed by atoms with van der Waals surface area (Å²) < 4.78 is 6.70. The van der Waals surface area contributed by atoms with Crippen molar-refractivity contribution in [3.8, 4) is 5.75 Å². The molecule has 38 heavy (non-hydrogen) atoms. The summed E-state index contributed by atoms with van der Waals surface area (Å²) in [5, 5.41) is 3.87. The Morgan fingerprint density at radius 3 is 2.29 bits per heavy atom. The van der Waals surface area contributed by atoms with Gasteiger partial charge in [0.25, 0.3) is 5.91 Å². The first-order valence-electron chi connectivity index (χ1n) is 12.7. The third-order valence-corrected chi connectivity index (χ3v) is 7.72. The van der Waals surface area contributed by atoms with Crippen LogP contribution in [0.3, 0.4) is 0 Å². The molecule has 1 N–H and O–H groups in total. The maximum absolute atomic E-state index is 13.7. The van der Waals surface area contributed by atoms with E-state index in [-0.39, 0.29) is 31.0 Å². The van der Waals surface area contributed by atoms with Gasteiger partial charge in [-0.2, -0.15) is 0 Å². The third-order valence-electron chi connectivity index (χ3n) is 6.36. The molecule has 0 saturated carbocycles. The van der Waals surface area contributed by atoms with Gasteiger partial charge in [-0.15, -0.1) is 0 Å². The van der Waals surface area contributed by atoms with Crippen LogP contribution < -0.4 is 10.1 Å². The van der Waals surface area contributed by atoms with Gasteiger partial charge in [-0.25, -0.2) is 0 Å². The van der Waals surface area contributed by atoms with Crippen molar-refractivity contribution in [2.24, 2.45) is 0 Å². The van der Waals surface area contributed by atoms with E-state index >= 15 is 0 Å². The molecule has 0 fully saturated rings. The summed E-state index contributed by atoms with van der Waals surface area (Å²) in [6.07, 6.45) is 2.02. The number of nitrogens with one attached hydrogen (secondary N) is 1. The third kappa shape index (κ3) is 8.48. The van der Waals surface area contributed by atoms with Gasteiger partial charge in [-0.1, -0.05) is 79.5 Å². The van der Waals surface area contributed by atoms with Gasteiger partial charge in [0, 0.05) is 19.0 Å². The summed E-state index contributed by atoms with van der Waals surface area (Å²) in [4.78, 5) is 28.9. The maximum atomic E-state index is 13.7. The van der Waals surface area contributed by atoms with Gasteiger partial charge in [-0.05, 0) is 76.7 Å². The van der Waals surface area contributed by atoms with E-state index < -0.39 is 6.04 Å². The van der Waals surface area contributed by atoms with Gasteiger partial charge in [0.15, 0.2) is 6.61 Å². The van der Waals surface area contributed by atoms with Crippen LogP contribution in [0.15, 0.2) is 71.2 Å². The van der Waals surface area contributed by atoms with E-state index in [1.54, 1.807) is 17.0 Å². The van der Waals surface area contributed by atoms with Crippen LogP contribution in [0.1, 0.15) is 43.9 Å². The van der Waals surface area contributed by atoms with Crippen molar-refractivity contribution in [1.82, 2.24) is 10.2 Å². The lowest BCUT2D eigenvalue weighted by Gasteiger charge is -2.32. The first-order valence-corrected chi connectivity index (χ1v) is 14.3. The number of hydrogen-bond acceptors (Lipinski definition) is 3. The average Bonchev–Trinajstić information content (AvgIpc) is 2.92. The molecule has 0 aliphatic carbocycles. The lowest BCUT2D eigenvalue weighted by molar-refractivity contribution is -0.143. The Hall–Kier alpha value is -2.54. The normalized spacial score (nSPS) is 12.5. The van der Waals surface area contributed by atoms with Crippen LogP contribution in [-0.4, -0.2) is 35.4 Å². The predicted molar refractivity (Wildman–Crippen MR) is 158 cm³/mol. The first kappa shape index (κ1) is 30.0. The Bertz CT molecular complexity index is 1240. The summed E-state index contributed by atoms with van der Waals surface area (Å²) in [6, 6.07) is 19.9. The predicted octanol–water partition coefficient (Wildman–Crippen LogP) is 7.25. The van der Waals surface area contributed by atoms with E-state index in [0.717, 1.165) is 34.0 Å². The fourth-order valence-electron chi connectivity index (χ4n) is 3.93. The Balaban J connectivity index is 1.94. The highest BCUT2D eigenvalue weighted by Crippen LogP contribution is 2.27. The molecule has 5 nitrogen and oxygen atoms in total. The van der Waals surface area contributed by atoms with Crippen LogP contribution >= 0.6 is 39.1 Å². The van der Waals surface area contributed by atoms with Crippen LogP contribution in [0, 0.1) is 0 Å². The molecule has 2 amide bonds. The van der Waals surface area contributed by atoms with Crippen LogP contribution in [-0.2, 0) is 29.0 Å². The second-order valence-electron chi connectivity index (χ2n) is 9.20. The summed E-state index contributed by atoms with van der Waals surface area (Å²) in [7, 11) is 0. The van der Waals surface area contributed by atoms with Crippen molar-refractivity contribution >= 4 is 50.9 Å². The molecule has 0 saturated heterocycles. The minimum absolute atomic E-state index is 0.0352. The number of aryl methyl sites for hydroxylation is 1. The molecule has 3 aromatic carbocycles. The molecule has 0 aliphatic rings. The SMILES string of the molecule is CCc1ccc(OCC(=O)N(Cc2ccc(Cl)c(Cl)c2)[C@H](Cc2ccccc2)C(=O)N[C@@H](C)CC)c(Br)c1. The zero-order chi connectivity index (χ0) is 27.7. The molecular formula is C30H33BrCl2N2O3. The number of carbonyl (C=O) groups excluding carboxylic acids is 2. The standard InChI is InChI=1S/C30H33BrCl2N2O3/c1-4-20(3)34-30(37)27(17-22-9-7-6-8-10-22)35(18-23-11-13-25(32)26(33)16-23)29(36)19-38-28-14-12-21(5-2)15-24(28)31/h6-16,20,27H,4-5,17-19H2,1-3H3,(H,34,37)/t20-,27+/m0/s1. The van der Waals surface area contributed by atoms with E-state index in [2.05, 4.69) is 28.2 Å². The second kappa shape index (κ2) is 14.6. The van der Waals surface area contributed by atoms with Gasteiger partial charge in [0.1, 0.15) is 11.8 Å². The zero-order valence-corrected chi connectivity index (χ0v) is 24.9. The highest BCUT2D eigenvalue weighted by atomic mass is 79.9. The second-order valence-corrected chi connectivity index (χ2v) is 10.9. The molecule has 0 radical (unpaired) electrons. The Kier molecular flexibility index (Phi) is 11.5. The fraction of sp³-hybridized carbons (Fsp3) is 0.333. The summed E-state index contributed by atoms with van der Waals surface area (Å²) in [5.41, 5.74) is 2.86. The largest absolute Gasteiger partial charge is 0.483 e. The molecule has 0 spiro atoms. The molecular weight excluding hydrogens is 587 g/mol. The smallest absolute Gasteiger partial charge is 0.261 e. The summed E-state index contributed by atoms with van der Waals surface area (Å²) in [5.74, 6) is 0.0292. The number of halogens is 3. The molecule has 0 aromatic heterocycles. The topological polar surface area (TPSA) is 58.6 Å². The van der Waals surface area contributed by atoms with E-state index in [1.165, 1.54) is 0 Å². The lowest BCUT2D eigenvalue weighted by atomic mass is 10.0. The van der Waals surface area contributed by atoms with Crippen molar-refractivity contribution in [2.75, 3.05) is 6.61 Å². The molecule has 0 unspecified atom stereocenters. The summed E-state index contributed by atoms with van der Waals surface area (Å²) in [6.45, 7) is 5.96. The fourth-order valence-corrected chi connectivity index (χ4v) is 4.79. The molecule has 3 rings (SSSR count). The molecule has 0 heterocycles. The lowest BCUT2D eigenvalue weighted by Crippen LogP contribution is -2.53.